The fourth-order valence-electron chi connectivity index (χ4n) is 4.65. The number of sulfonamides is 1. The molecular weight excluding hydrogens is 454 g/mol. The summed E-state index contributed by atoms with van der Waals surface area (Å²) in [5, 5.41) is 2.15. The van der Waals surface area contributed by atoms with Crippen molar-refractivity contribution in [1.29, 1.82) is 0 Å². The van der Waals surface area contributed by atoms with E-state index in [1.165, 1.54) is 23.6 Å². The highest BCUT2D eigenvalue weighted by Crippen LogP contribution is 2.33. The Morgan fingerprint density at radius 1 is 0.909 bits per heavy atom. The molecule has 6 nitrogen and oxygen atoms in total. The number of morpholine rings is 1. The highest BCUT2D eigenvalue weighted by Gasteiger charge is 2.26. The summed E-state index contributed by atoms with van der Waals surface area (Å²) in [6, 6.07) is 17.8. The zero-order valence-electron chi connectivity index (χ0n) is 18.6. The Morgan fingerprint density at radius 3 is 2.30 bits per heavy atom. The van der Waals surface area contributed by atoms with E-state index in [0.717, 1.165) is 34.6 Å². The molecule has 33 heavy (non-hydrogen) atoms. The van der Waals surface area contributed by atoms with Crippen molar-refractivity contribution in [3.05, 3.63) is 64.8 Å². The number of thiazole rings is 1. The molecule has 8 heteroatoms. The van der Waals surface area contributed by atoms with E-state index < -0.39 is 10.0 Å². The predicted molar refractivity (Wildman–Crippen MR) is 131 cm³/mol. The van der Waals surface area contributed by atoms with E-state index in [4.69, 9.17) is 9.73 Å². The number of hydrogen-bond donors (Lipinski definition) is 0. The number of hydrogen-bond acceptors (Lipinski definition) is 5. The Hall–Kier alpha value is -2.26. The smallest absolute Gasteiger partial charge is 0.243 e. The molecule has 1 saturated carbocycles. The number of ether oxygens (including phenoxy) is 1. The zero-order chi connectivity index (χ0) is 22.7. The molecule has 0 unspecified atom stereocenters. The van der Waals surface area contributed by atoms with Crippen molar-refractivity contribution in [1.82, 2.24) is 8.87 Å². The van der Waals surface area contributed by atoms with Gasteiger partial charge in [0.1, 0.15) is 0 Å². The van der Waals surface area contributed by atoms with Crippen molar-refractivity contribution < 1.29 is 13.2 Å². The summed E-state index contributed by atoms with van der Waals surface area (Å²) in [6.45, 7) is 1.70. The molecule has 2 heterocycles. The Labute approximate surface area is 199 Å². The molecule has 2 aliphatic rings. The van der Waals surface area contributed by atoms with Crippen LogP contribution in [0.5, 0.6) is 0 Å². The fourth-order valence-corrected chi connectivity index (χ4v) is 7.04. The fraction of sp³-hybridized carbons (Fsp3) is 0.400. The van der Waals surface area contributed by atoms with Gasteiger partial charge < -0.3 is 9.30 Å². The maximum atomic E-state index is 13.0. The quantitative estimate of drug-likeness (QED) is 0.514. The first-order valence-electron chi connectivity index (χ1n) is 11.6. The summed E-state index contributed by atoms with van der Waals surface area (Å²) in [5.74, 6) is 0. The van der Waals surface area contributed by atoms with Crippen molar-refractivity contribution >= 4 is 27.0 Å². The molecule has 1 aliphatic heterocycles. The minimum Gasteiger partial charge on any atom is -0.379 e. The molecule has 2 fully saturated rings. The van der Waals surface area contributed by atoms with Crippen LogP contribution in [0.2, 0.25) is 0 Å². The lowest BCUT2D eigenvalue weighted by atomic mass is 9.95. The van der Waals surface area contributed by atoms with Crippen LogP contribution in [0.4, 0.5) is 5.69 Å². The van der Waals surface area contributed by atoms with E-state index in [1.54, 1.807) is 23.5 Å². The predicted octanol–water partition coefficient (Wildman–Crippen LogP) is 4.98. The van der Waals surface area contributed by atoms with Crippen LogP contribution in [0, 0.1) is 0 Å². The second kappa shape index (κ2) is 9.93. The van der Waals surface area contributed by atoms with Gasteiger partial charge in [0.05, 0.1) is 29.5 Å². The number of para-hydroxylation sites is 1. The molecular formula is C25H29N3O3S2. The van der Waals surface area contributed by atoms with Crippen molar-refractivity contribution in [2.45, 2.75) is 43.0 Å². The average molecular weight is 484 g/mol. The van der Waals surface area contributed by atoms with Gasteiger partial charge in [0.15, 0.2) is 4.80 Å². The highest BCUT2D eigenvalue weighted by molar-refractivity contribution is 7.89. The van der Waals surface area contributed by atoms with Crippen LogP contribution < -0.4 is 4.80 Å². The minimum atomic E-state index is -3.50. The zero-order valence-corrected chi connectivity index (χ0v) is 20.2. The Balaban J connectivity index is 1.52. The van der Waals surface area contributed by atoms with Crippen LogP contribution in [-0.2, 0) is 14.8 Å². The molecule has 0 N–H and O–H groups in total. The molecule has 1 aromatic heterocycles. The highest BCUT2D eigenvalue weighted by atomic mass is 32.2. The molecule has 0 spiro atoms. The van der Waals surface area contributed by atoms with Gasteiger partial charge in [-0.2, -0.15) is 4.31 Å². The summed E-state index contributed by atoms with van der Waals surface area (Å²) in [7, 11) is -3.50. The Morgan fingerprint density at radius 2 is 1.61 bits per heavy atom. The van der Waals surface area contributed by atoms with Crippen LogP contribution in [0.15, 0.2) is 69.9 Å². The second-order valence-corrected chi connectivity index (χ2v) is 11.3. The second-order valence-electron chi connectivity index (χ2n) is 8.55. The number of aromatic nitrogens is 1. The molecule has 0 amide bonds. The number of nitrogens with zero attached hydrogens (tertiary/aromatic N) is 3. The van der Waals surface area contributed by atoms with Crippen LogP contribution in [0.3, 0.4) is 0 Å². The first kappa shape index (κ1) is 22.5. The lowest BCUT2D eigenvalue weighted by Gasteiger charge is -2.26. The minimum absolute atomic E-state index is 0.335. The SMILES string of the molecule is O=S(=O)(c1ccc(-c2csc(=Nc3ccccc3)n2C2CCCCC2)cc1)N1CCOCC1. The van der Waals surface area contributed by atoms with E-state index in [-0.39, 0.29) is 0 Å². The maximum Gasteiger partial charge on any atom is 0.243 e. The summed E-state index contributed by atoms with van der Waals surface area (Å²) >= 11 is 1.65. The van der Waals surface area contributed by atoms with Gasteiger partial charge in [-0.3, -0.25) is 0 Å². The van der Waals surface area contributed by atoms with E-state index in [9.17, 15) is 8.42 Å². The summed E-state index contributed by atoms with van der Waals surface area (Å²) < 4.78 is 35.2. The van der Waals surface area contributed by atoms with Gasteiger partial charge >= 0.3 is 0 Å². The molecule has 1 saturated heterocycles. The van der Waals surface area contributed by atoms with Crippen molar-refractivity contribution in [3.63, 3.8) is 0 Å². The Kier molecular flexibility index (Phi) is 6.78. The largest absolute Gasteiger partial charge is 0.379 e. The lowest BCUT2D eigenvalue weighted by molar-refractivity contribution is 0.0730. The third kappa shape index (κ3) is 4.84. The third-order valence-electron chi connectivity index (χ3n) is 6.42. The number of benzene rings is 2. The van der Waals surface area contributed by atoms with Gasteiger partial charge in [0.2, 0.25) is 10.0 Å². The van der Waals surface area contributed by atoms with Crippen LogP contribution in [0.25, 0.3) is 11.3 Å². The van der Waals surface area contributed by atoms with E-state index in [1.807, 2.05) is 42.5 Å². The van der Waals surface area contributed by atoms with Gasteiger partial charge in [-0.15, -0.1) is 11.3 Å². The van der Waals surface area contributed by atoms with Gasteiger partial charge in [0, 0.05) is 24.5 Å². The topological polar surface area (TPSA) is 63.9 Å². The monoisotopic (exact) mass is 483 g/mol. The standard InChI is InChI=1S/C25H29N3O3S2/c29-33(30,27-15-17-31-18-16-27)23-13-11-20(12-14-23)24-19-32-25(26-21-7-3-1-4-8-21)28(24)22-9-5-2-6-10-22/h1,3-4,7-8,11-14,19,22H,2,5-6,9-10,15-18H2. The molecule has 2 aromatic carbocycles. The van der Waals surface area contributed by atoms with E-state index in [0.29, 0.717) is 37.2 Å². The summed E-state index contributed by atoms with van der Waals surface area (Å²) in [4.78, 5) is 6.28. The first-order chi connectivity index (χ1) is 16.1. The Bertz CT molecular complexity index is 1240. The van der Waals surface area contributed by atoms with Gasteiger partial charge in [0.25, 0.3) is 0 Å². The molecule has 3 aromatic rings. The van der Waals surface area contributed by atoms with E-state index >= 15 is 0 Å². The van der Waals surface area contributed by atoms with Crippen molar-refractivity contribution in [2.75, 3.05) is 26.3 Å². The number of rotatable bonds is 5. The third-order valence-corrected chi connectivity index (χ3v) is 9.17. The molecule has 5 rings (SSSR count). The van der Waals surface area contributed by atoms with Crippen LogP contribution >= 0.6 is 11.3 Å². The van der Waals surface area contributed by atoms with Gasteiger partial charge in [-0.25, -0.2) is 13.4 Å². The first-order valence-corrected chi connectivity index (χ1v) is 13.9. The van der Waals surface area contributed by atoms with Crippen LogP contribution in [-0.4, -0.2) is 43.6 Å². The van der Waals surface area contributed by atoms with Gasteiger partial charge in [-0.1, -0.05) is 49.6 Å². The summed E-state index contributed by atoms with van der Waals surface area (Å²) in [6.07, 6.45) is 6.04. The van der Waals surface area contributed by atoms with Crippen LogP contribution in [0.1, 0.15) is 38.1 Å². The normalized spacial score (nSPS) is 19.1. The maximum absolute atomic E-state index is 13.0. The molecule has 174 valence electrons. The lowest BCUT2D eigenvalue weighted by Crippen LogP contribution is -2.40. The molecule has 1 aliphatic carbocycles. The van der Waals surface area contributed by atoms with Crippen molar-refractivity contribution in [3.8, 4) is 11.3 Å². The van der Waals surface area contributed by atoms with Gasteiger partial charge in [-0.05, 0) is 42.7 Å². The van der Waals surface area contributed by atoms with E-state index in [2.05, 4.69) is 9.95 Å². The molecule has 0 atom stereocenters. The molecule has 0 bridgehead atoms. The average Bonchev–Trinajstić information content (AvgIpc) is 3.29. The molecule has 0 radical (unpaired) electrons. The van der Waals surface area contributed by atoms with Crippen molar-refractivity contribution in [2.24, 2.45) is 4.99 Å². The summed E-state index contributed by atoms with van der Waals surface area (Å²) in [5.41, 5.74) is 3.08.